The van der Waals surface area contributed by atoms with Gasteiger partial charge in [0.25, 0.3) is 0 Å². The van der Waals surface area contributed by atoms with Gasteiger partial charge in [0, 0.05) is 4.88 Å². The molecule has 0 aliphatic heterocycles. The molecule has 0 spiro atoms. The van der Waals surface area contributed by atoms with Crippen LogP contribution in [0, 0.1) is 5.41 Å². The lowest BCUT2D eigenvalue weighted by Crippen LogP contribution is -2.52. The maximum atomic E-state index is 12.1. The van der Waals surface area contributed by atoms with Gasteiger partial charge in [-0.1, -0.05) is 20.8 Å². The highest BCUT2D eigenvalue weighted by molar-refractivity contribution is 7.10. The number of urea groups is 1. The Morgan fingerprint density at radius 2 is 2.14 bits per heavy atom. The molecule has 0 saturated carbocycles. The third kappa shape index (κ3) is 3.75. The number of rotatable bonds is 3. The van der Waals surface area contributed by atoms with E-state index in [-0.39, 0.29) is 6.04 Å². The van der Waals surface area contributed by atoms with E-state index in [1.54, 1.807) is 32.1 Å². The molecule has 1 heterocycles. The van der Waals surface area contributed by atoms with Crippen molar-refractivity contribution in [3.05, 3.63) is 21.9 Å². The highest BCUT2D eigenvalue weighted by Gasteiger charge is 2.33. The summed E-state index contributed by atoms with van der Waals surface area (Å²) >= 11 is 1.71. The highest BCUT2D eigenvalue weighted by atomic mass is 32.1. The van der Waals surface area contributed by atoms with E-state index in [0.29, 0.717) is 0 Å². The van der Waals surface area contributed by atoms with Gasteiger partial charge in [0.05, 0.1) is 6.04 Å². The Morgan fingerprint density at radius 3 is 2.76 bits per heavy atom. The molecule has 2 rings (SSSR count). The molecule has 1 aromatic heterocycles. The number of aliphatic carboxylic acids is 1. The number of carboxylic acid groups (broad SMARTS) is 1. The highest BCUT2D eigenvalue weighted by Crippen LogP contribution is 2.33. The first kappa shape index (κ1) is 15.8. The quantitative estimate of drug-likeness (QED) is 0.803. The first-order chi connectivity index (χ1) is 9.79. The third-order valence-corrected chi connectivity index (χ3v) is 4.74. The molecule has 21 heavy (non-hydrogen) atoms. The smallest absolute Gasteiger partial charge is 0.326 e. The molecule has 0 bridgehead atoms. The molecule has 6 heteroatoms. The molecule has 3 N–H and O–H groups in total. The summed E-state index contributed by atoms with van der Waals surface area (Å²) in [5, 5.41) is 16.8. The van der Waals surface area contributed by atoms with Crippen LogP contribution in [0.1, 0.15) is 50.1 Å². The van der Waals surface area contributed by atoms with Crippen LogP contribution in [0.15, 0.2) is 11.4 Å². The van der Waals surface area contributed by atoms with Crippen LogP contribution in [0.4, 0.5) is 4.79 Å². The van der Waals surface area contributed by atoms with Gasteiger partial charge in [-0.25, -0.2) is 9.59 Å². The van der Waals surface area contributed by atoms with E-state index in [0.717, 1.165) is 19.3 Å². The van der Waals surface area contributed by atoms with Crippen molar-refractivity contribution in [3.8, 4) is 0 Å². The van der Waals surface area contributed by atoms with E-state index in [1.165, 1.54) is 10.4 Å². The van der Waals surface area contributed by atoms with Crippen molar-refractivity contribution in [1.82, 2.24) is 10.6 Å². The van der Waals surface area contributed by atoms with Crippen LogP contribution in [0.2, 0.25) is 0 Å². The summed E-state index contributed by atoms with van der Waals surface area (Å²) in [6.45, 7) is 5.39. The molecule has 2 amide bonds. The van der Waals surface area contributed by atoms with E-state index in [1.807, 2.05) is 11.4 Å². The van der Waals surface area contributed by atoms with Crippen molar-refractivity contribution in [2.75, 3.05) is 0 Å². The summed E-state index contributed by atoms with van der Waals surface area (Å²) in [5.41, 5.74) is 0.632. The fourth-order valence-corrected chi connectivity index (χ4v) is 3.60. The van der Waals surface area contributed by atoms with Crippen molar-refractivity contribution in [1.29, 1.82) is 0 Å². The van der Waals surface area contributed by atoms with Crippen LogP contribution < -0.4 is 10.6 Å². The Morgan fingerprint density at radius 1 is 1.43 bits per heavy atom. The molecule has 1 aliphatic carbocycles. The molecule has 0 fully saturated rings. The van der Waals surface area contributed by atoms with Crippen LogP contribution in [-0.4, -0.2) is 23.1 Å². The predicted octanol–water partition coefficient (Wildman–Crippen LogP) is 2.92. The van der Waals surface area contributed by atoms with Crippen molar-refractivity contribution < 1.29 is 14.7 Å². The molecule has 1 aromatic rings. The fraction of sp³-hybridized carbons (Fsp3) is 0.600. The lowest BCUT2D eigenvalue weighted by atomic mass is 9.87. The van der Waals surface area contributed by atoms with Gasteiger partial charge in [-0.2, -0.15) is 0 Å². The van der Waals surface area contributed by atoms with E-state index in [9.17, 15) is 14.7 Å². The number of fused-ring (bicyclic) bond motifs is 1. The van der Waals surface area contributed by atoms with E-state index in [2.05, 4.69) is 10.6 Å². The van der Waals surface area contributed by atoms with Crippen LogP contribution in [0.5, 0.6) is 0 Å². The summed E-state index contributed by atoms with van der Waals surface area (Å²) in [7, 11) is 0. The van der Waals surface area contributed by atoms with Crippen LogP contribution >= 0.6 is 11.3 Å². The first-order valence-corrected chi connectivity index (χ1v) is 8.03. The van der Waals surface area contributed by atoms with Gasteiger partial charge in [-0.05, 0) is 41.7 Å². The second kappa shape index (κ2) is 6.05. The molecule has 1 unspecified atom stereocenters. The zero-order chi connectivity index (χ0) is 15.6. The van der Waals surface area contributed by atoms with Gasteiger partial charge in [-0.3, -0.25) is 0 Å². The minimum absolute atomic E-state index is 0.0191. The monoisotopic (exact) mass is 310 g/mol. The lowest BCUT2D eigenvalue weighted by Gasteiger charge is -2.29. The molecule has 0 aromatic carbocycles. The maximum absolute atomic E-state index is 12.1. The Bertz CT molecular complexity index is 533. The SMILES string of the molecule is CC(C)(C)[C@H](NC(=O)NC1CCCc2sccc21)C(=O)O. The van der Waals surface area contributed by atoms with E-state index < -0.39 is 23.5 Å². The third-order valence-electron chi connectivity index (χ3n) is 3.75. The molecule has 0 saturated heterocycles. The number of carbonyl (C=O) groups is 2. The minimum atomic E-state index is -1.02. The number of aryl methyl sites for hydroxylation is 1. The summed E-state index contributed by atoms with van der Waals surface area (Å²) in [6.07, 6.45) is 3.00. The lowest BCUT2D eigenvalue weighted by molar-refractivity contribution is -0.141. The molecule has 5 nitrogen and oxygen atoms in total. The molecule has 2 atom stereocenters. The second-order valence-corrected chi connectivity index (χ2v) is 7.50. The molecular formula is C15H22N2O3S. The molecule has 0 radical (unpaired) electrons. The number of carbonyl (C=O) groups excluding carboxylic acids is 1. The number of carboxylic acids is 1. The number of nitrogens with one attached hydrogen (secondary N) is 2. The molecule has 1 aliphatic rings. The Balaban J connectivity index is 2.01. The topological polar surface area (TPSA) is 78.4 Å². The van der Waals surface area contributed by atoms with Crippen LogP contribution in [0.25, 0.3) is 0 Å². The van der Waals surface area contributed by atoms with Crippen molar-refractivity contribution in [2.24, 2.45) is 5.41 Å². The van der Waals surface area contributed by atoms with Gasteiger partial charge in [0.15, 0.2) is 0 Å². The van der Waals surface area contributed by atoms with E-state index >= 15 is 0 Å². The summed E-state index contributed by atoms with van der Waals surface area (Å²) in [5.74, 6) is -1.02. The average molecular weight is 310 g/mol. The summed E-state index contributed by atoms with van der Waals surface area (Å²) < 4.78 is 0. The van der Waals surface area contributed by atoms with Gasteiger partial charge in [0.2, 0.25) is 0 Å². The zero-order valence-electron chi connectivity index (χ0n) is 12.6. The molecular weight excluding hydrogens is 288 g/mol. The summed E-state index contributed by atoms with van der Waals surface area (Å²) in [6, 6.07) is 0.696. The van der Waals surface area contributed by atoms with Gasteiger partial charge in [0.1, 0.15) is 6.04 Å². The number of thiophene rings is 1. The van der Waals surface area contributed by atoms with Crippen molar-refractivity contribution in [3.63, 3.8) is 0 Å². The van der Waals surface area contributed by atoms with Gasteiger partial charge >= 0.3 is 12.0 Å². The normalized spacial score (nSPS) is 19.5. The number of amides is 2. The number of hydrogen-bond acceptors (Lipinski definition) is 3. The van der Waals surface area contributed by atoms with Gasteiger partial charge in [-0.15, -0.1) is 11.3 Å². The Labute approximate surface area is 128 Å². The molecule has 116 valence electrons. The van der Waals surface area contributed by atoms with Crippen molar-refractivity contribution >= 4 is 23.3 Å². The predicted molar refractivity (Wildman–Crippen MR) is 82.5 cm³/mol. The van der Waals surface area contributed by atoms with Crippen LogP contribution in [-0.2, 0) is 11.2 Å². The standard InChI is InChI=1S/C15H22N2O3S/c1-15(2,3)12(13(18)19)17-14(20)16-10-5-4-6-11-9(10)7-8-21-11/h7-8,10,12H,4-6H2,1-3H3,(H,18,19)(H2,16,17,20)/t10?,12-/m1/s1. The first-order valence-electron chi connectivity index (χ1n) is 7.15. The average Bonchev–Trinajstić information content (AvgIpc) is 2.83. The van der Waals surface area contributed by atoms with E-state index in [4.69, 9.17) is 0 Å². The van der Waals surface area contributed by atoms with Crippen LogP contribution in [0.3, 0.4) is 0 Å². The summed E-state index contributed by atoms with van der Waals surface area (Å²) in [4.78, 5) is 24.7. The van der Waals surface area contributed by atoms with Gasteiger partial charge < -0.3 is 15.7 Å². The largest absolute Gasteiger partial charge is 0.480 e. The second-order valence-electron chi connectivity index (χ2n) is 6.50. The number of hydrogen-bond donors (Lipinski definition) is 3. The minimum Gasteiger partial charge on any atom is -0.480 e. The maximum Gasteiger partial charge on any atom is 0.326 e. The Kier molecular flexibility index (Phi) is 4.56. The zero-order valence-corrected chi connectivity index (χ0v) is 13.4. The Hall–Kier alpha value is -1.56. The fourth-order valence-electron chi connectivity index (χ4n) is 2.62. The van der Waals surface area contributed by atoms with Crippen molar-refractivity contribution in [2.45, 2.75) is 52.1 Å².